The van der Waals surface area contributed by atoms with Crippen molar-refractivity contribution in [3.8, 4) is 0 Å². The molecule has 5 nitrogen and oxygen atoms in total. The van der Waals surface area contributed by atoms with Gasteiger partial charge in [0.2, 0.25) is 5.91 Å². The third-order valence-corrected chi connectivity index (χ3v) is 6.34. The van der Waals surface area contributed by atoms with Crippen molar-refractivity contribution < 1.29 is 4.79 Å². The van der Waals surface area contributed by atoms with Crippen LogP contribution in [0, 0.1) is 0 Å². The van der Waals surface area contributed by atoms with Crippen molar-refractivity contribution in [1.29, 1.82) is 0 Å². The van der Waals surface area contributed by atoms with Crippen molar-refractivity contribution in [2.45, 2.75) is 76.3 Å². The van der Waals surface area contributed by atoms with E-state index in [4.69, 9.17) is 11.6 Å². The fourth-order valence-corrected chi connectivity index (χ4v) is 4.14. The van der Waals surface area contributed by atoms with E-state index in [1.807, 2.05) is 24.3 Å². The SMILES string of the molecule is CCC(CC)(C(=O)NCc1nnc(C2CC2)n1C1CC1)c1ccc(Cl)cc1. The molecule has 0 spiro atoms. The molecule has 2 aliphatic rings. The van der Waals surface area contributed by atoms with E-state index < -0.39 is 5.41 Å². The van der Waals surface area contributed by atoms with Crippen LogP contribution in [0.4, 0.5) is 0 Å². The smallest absolute Gasteiger partial charge is 0.231 e. The fraction of sp³-hybridized carbons (Fsp3) is 0.571. The Labute approximate surface area is 165 Å². The number of hydrogen-bond donors (Lipinski definition) is 1. The molecule has 2 saturated carbocycles. The minimum atomic E-state index is -0.547. The van der Waals surface area contributed by atoms with Gasteiger partial charge in [0.25, 0.3) is 0 Å². The maximum absolute atomic E-state index is 13.2. The number of benzene rings is 1. The molecule has 1 heterocycles. The number of nitrogens with zero attached hydrogens (tertiary/aromatic N) is 3. The highest BCUT2D eigenvalue weighted by molar-refractivity contribution is 6.30. The molecule has 0 atom stereocenters. The van der Waals surface area contributed by atoms with Gasteiger partial charge in [0.05, 0.1) is 12.0 Å². The number of rotatable bonds is 8. The quantitative estimate of drug-likeness (QED) is 0.725. The van der Waals surface area contributed by atoms with Crippen LogP contribution in [-0.2, 0) is 16.8 Å². The lowest BCUT2D eigenvalue weighted by Gasteiger charge is -2.31. The lowest BCUT2D eigenvalue weighted by atomic mass is 9.75. The molecule has 1 amide bonds. The highest BCUT2D eigenvalue weighted by Gasteiger charge is 2.38. The van der Waals surface area contributed by atoms with Crippen LogP contribution in [0.1, 0.15) is 81.5 Å². The topological polar surface area (TPSA) is 59.8 Å². The van der Waals surface area contributed by atoms with Crippen LogP contribution < -0.4 is 5.32 Å². The first-order valence-electron chi connectivity index (χ1n) is 10.1. The summed E-state index contributed by atoms with van der Waals surface area (Å²) in [5.74, 6) is 2.64. The molecule has 2 aromatic rings. The molecule has 2 fully saturated rings. The second kappa shape index (κ2) is 7.27. The highest BCUT2D eigenvalue weighted by atomic mass is 35.5. The Hall–Kier alpha value is -1.88. The van der Waals surface area contributed by atoms with Gasteiger partial charge in [-0.2, -0.15) is 0 Å². The Morgan fingerprint density at radius 1 is 1.15 bits per heavy atom. The maximum Gasteiger partial charge on any atom is 0.231 e. The zero-order valence-corrected chi connectivity index (χ0v) is 16.8. The Morgan fingerprint density at radius 3 is 2.37 bits per heavy atom. The van der Waals surface area contributed by atoms with E-state index in [9.17, 15) is 4.79 Å². The van der Waals surface area contributed by atoms with Crippen LogP contribution in [0.25, 0.3) is 0 Å². The van der Waals surface area contributed by atoms with Crippen molar-refractivity contribution in [2.24, 2.45) is 0 Å². The summed E-state index contributed by atoms with van der Waals surface area (Å²) < 4.78 is 2.29. The summed E-state index contributed by atoms with van der Waals surface area (Å²) in [6.07, 6.45) is 6.28. The summed E-state index contributed by atoms with van der Waals surface area (Å²) in [5.41, 5.74) is 0.464. The molecular formula is C21H27ClN4O. The summed E-state index contributed by atoms with van der Waals surface area (Å²) in [6.45, 7) is 4.57. The number of halogens is 1. The van der Waals surface area contributed by atoms with Crippen molar-refractivity contribution in [3.05, 3.63) is 46.5 Å². The number of carbonyl (C=O) groups is 1. The average molecular weight is 387 g/mol. The Balaban J connectivity index is 1.53. The summed E-state index contributed by atoms with van der Waals surface area (Å²) in [6, 6.07) is 8.17. The second-order valence-electron chi connectivity index (χ2n) is 7.83. The van der Waals surface area contributed by atoms with Crippen molar-refractivity contribution >= 4 is 17.5 Å². The average Bonchev–Trinajstić information content (AvgIpc) is 3.61. The van der Waals surface area contributed by atoms with Crippen LogP contribution in [-0.4, -0.2) is 20.7 Å². The number of aromatic nitrogens is 3. The largest absolute Gasteiger partial charge is 0.348 e. The van der Waals surface area contributed by atoms with Gasteiger partial charge in [-0.15, -0.1) is 10.2 Å². The zero-order chi connectivity index (χ0) is 19.0. The van der Waals surface area contributed by atoms with Gasteiger partial charge >= 0.3 is 0 Å². The molecular weight excluding hydrogens is 360 g/mol. The van der Waals surface area contributed by atoms with Crippen molar-refractivity contribution in [1.82, 2.24) is 20.1 Å². The van der Waals surface area contributed by atoms with E-state index in [2.05, 4.69) is 33.9 Å². The highest BCUT2D eigenvalue weighted by Crippen LogP contribution is 2.44. The van der Waals surface area contributed by atoms with Gasteiger partial charge in [0.15, 0.2) is 5.82 Å². The van der Waals surface area contributed by atoms with Gasteiger partial charge in [-0.1, -0.05) is 37.6 Å². The van der Waals surface area contributed by atoms with E-state index in [0.29, 0.717) is 23.5 Å². The summed E-state index contributed by atoms with van der Waals surface area (Å²) in [5, 5.41) is 12.7. The van der Waals surface area contributed by atoms with Gasteiger partial charge in [-0.25, -0.2) is 0 Å². The molecule has 27 heavy (non-hydrogen) atoms. The minimum Gasteiger partial charge on any atom is -0.348 e. The molecule has 0 aliphatic heterocycles. The molecule has 0 unspecified atom stereocenters. The van der Waals surface area contributed by atoms with Crippen molar-refractivity contribution in [2.75, 3.05) is 0 Å². The van der Waals surface area contributed by atoms with Gasteiger partial charge < -0.3 is 9.88 Å². The molecule has 0 radical (unpaired) electrons. The Kier molecular flexibility index (Phi) is 4.97. The number of carbonyl (C=O) groups excluding carboxylic acids is 1. The molecule has 1 aromatic carbocycles. The van der Waals surface area contributed by atoms with Crippen LogP contribution in [0.2, 0.25) is 5.02 Å². The molecule has 144 valence electrons. The fourth-order valence-electron chi connectivity index (χ4n) is 4.02. The van der Waals surface area contributed by atoms with E-state index in [-0.39, 0.29) is 5.91 Å². The first kappa shape index (κ1) is 18.5. The van der Waals surface area contributed by atoms with Crippen LogP contribution >= 0.6 is 11.6 Å². The molecule has 1 aromatic heterocycles. The lowest BCUT2D eigenvalue weighted by Crippen LogP contribution is -2.43. The van der Waals surface area contributed by atoms with Gasteiger partial charge in [0.1, 0.15) is 5.82 Å². The van der Waals surface area contributed by atoms with Crippen molar-refractivity contribution in [3.63, 3.8) is 0 Å². The Bertz CT molecular complexity index is 817. The normalized spacial score (nSPS) is 17.1. The predicted octanol–water partition coefficient (Wildman–Crippen LogP) is 4.52. The van der Waals surface area contributed by atoms with Crippen LogP contribution in [0.3, 0.4) is 0 Å². The molecule has 1 N–H and O–H groups in total. The Morgan fingerprint density at radius 2 is 1.81 bits per heavy atom. The molecule has 4 rings (SSSR count). The standard InChI is InChI=1S/C21H27ClN4O/c1-3-21(4-2,15-7-9-16(22)10-8-15)20(27)23-13-18-24-25-19(14-5-6-14)26(18)17-11-12-17/h7-10,14,17H,3-6,11-13H2,1-2H3,(H,23,27). The van der Waals surface area contributed by atoms with E-state index in [1.54, 1.807) is 0 Å². The van der Waals surface area contributed by atoms with Gasteiger partial charge in [-0.05, 0) is 56.2 Å². The van der Waals surface area contributed by atoms with E-state index >= 15 is 0 Å². The first-order chi connectivity index (χ1) is 13.1. The number of hydrogen-bond acceptors (Lipinski definition) is 3. The lowest BCUT2D eigenvalue weighted by molar-refractivity contribution is -0.127. The predicted molar refractivity (Wildman–Crippen MR) is 106 cm³/mol. The van der Waals surface area contributed by atoms with E-state index in [1.165, 1.54) is 25.7 Å². The molecule has 2 aliphatic carbocycles. The third-order valence-electron chi connectivity index (χ3n) is 6.09. The second-order valence-corrected chi connectivity index (χ2v) is 8.27. The van der Waals surface area contributed by atoms with Gasteiger partial charge in [0, 0.05) is 17.0 Å². The summed E-state index contributed by atoms with van der Waals surface area (Å²) in [4.78, 5) is 13.2. The third kappa shape index (κ3) is 3.49. The van der Waals surface area contributed by atoms with Gasteiger partial charge in [-0.3, -0.25) is 4.79 Å². The van der Waals surface area contributed by atoms with E-state index in [0.717, 1.165) is 30.1 Å². The number of nitrogens with one attached hydrogen (secondary N) is 1. The molecule has 0 bridgehead atoms. The zero-order valence-electron chi connectivity index (χ0n) is 16.0. The molecule has 0 saturated heterocycles. The van der Waals surface area contributed by atoms with Crippen LogP contribution in [0.5, 0.6) is 0 Å². The maximum atomic E-state index is 13.2. The van der Waals surface area contributed by atoms with Crippen LogP contribution in [0.15, 0.2) is 24.3 Å². The number of amides is 1. The summed E-state index contributed by atoms with van der Waals surface area (Å²) >= 11 is 6.04. The molecule has 6 heteroatoms. The monoisotopic (exact) mass is 386 g/mol. The minimum absolute atomic E-state index is 0.0492. The summed E-state index contributed by atoms with van der Waals surface area (Å²) in [7, 11) is 0. The first-order valence-corrected chi connectivity index (χ1v) is 10.4.